The zero-order valence-electron chi connectivity index (χ0n) is 10.3. The number of carbonyl (C=O) groups is 1. The molecule has 1 aromatic carbocycles. The van der Waals surface area contributed by atoms with Crippen LogP contribution in [0.1, 0.15) is 18.5 Å². The minimum absolute atomic E-state index is 0.139. The second-order valence-electron chi connectivity index (χ2n) is 3.57. The molecule has 0 spiro atoms. The van der Waals surface area contributed by atoms with E-state index in [1.54, 1.807) is 11.8 Å². The van der Waals surface area contributed by atoms with Gasteiger partial charge in [-0.05, 0) is 19.5 Å². The summed E-state index contributed by atoms with van der Waals surface area (Å²) in [6.45, 7) is 2.27. The average Bonchev–Trinajstić information content (AvgIpc) is 2.36. The van der Waals surface area contributed by atoms with Gasteiger partial charge in [0, 0.05) is 11.8 Å². The van der Waals surface area contributed by atoms with Crippen molar-refractivity contribution in [2.24, 2.45) is 0 Å². The lowest BCUT2D eigenvalue weighted by atomic mass is 10.1. The Morgan fingerprint density at radius 3 is 2.71 bits per heavy atom. The molecule has 0 saturated carbocycles. The summed E-state index contributed by atoms with van der Waals surface area (Å²) < 4.78 is 4.88. The third kappa shape index (κ3) is 5.24. The molecule has 0 fully saturated rings. The van der Waals surface area contributed by atoms with Gasteiger partial charge in [-0.25, -0.2) is 0 Å². The number of esters is 1. The molecule has 94 valence electrons. The molecule has 0 heterocycles. The minimum Gasteiger partial charge on any atom is -0.465 e. The lowest BCUT2D eigenvalue weighted by Crippen LogP contribution is -2.19. The standard InChI is InChI=1S/C13H19NO2S/c1-3-16-13(15)10-17-9-12(14-2)11-7-5-4-6-8-11/h4-8,12,14H,3,9-10H2,1-2H3. The summed E-state index contributed by atoms with van der Waals surface area (Å²) in [6.07, 6.45) is 0. The van der Waals surface area contributed by atoms with E-state index in [1.165, 1.54) is 5.56 Å². The smallest absolute Gasteiger partial charge is 0.315 e. The van der Waals surface area contributed by atoms with Gasteiger partial charge in [0.05, 0.1) is 12.4 Å². The van der Waals surface area contributed by atoms with E-state index in [4.69, 9.17) is 4.74 Å². The van der Waals surface area contributed by atoms with Gasteiger partial charge in [0.15, 0.2) is 0 Å². The number of ether oxygens (including phenoxy) is 1. The average molecular weight is 253 g/mol. The normalized spacial score (nSPS) is 12.1. The summed E-state index contributed by atoms with van der Waals surface area (Å²) in [6, 6.07) is 10.5. The van der Waals surface area contributed by atoms with Crippen LogP contribution in [0.3, 0.4) is 0 Å². The molecule has 0 bridgehead atoms. The number of hydrogen-bond donors (Lipinski definition) is 1. The van der Waals surface area contributed by atoms with Crippen LogP contribution in [0.15, 0.2) is 30.3 Å². The fraction of sp³-hybridized carbons (Fsp3) is 0.462. The Morgan fingerprint density at radius 1 is 1.41 bits per heavy atom. The Hall–Kier alpha value is -1.00. The highest BCUT2D eigenvalue weighted by Gasteiger charge is 2.10. The molecule has 1 rings (SSSR count). The summed E-state index contributed by atoms with van der Waals surface area (Å²) in [4.78, 5) is 11.2. The summed E-state index contributed by atoms with van der Waals surface area (Å²) in [5, 5.41) is 3.25. The number of nitrogens with one attached hydrogen (secondary N) is 1. The van der Waals surface area contributed by atoms with Crippen LogP contribution in [-0.2, 0) is 9.53 Å². The molecule has 4 heteroatoms. The van der Waals surface area contributed by atoms with Crippen LogP contribution in [0.4, 0.5) is 0 Å². The fourth-order valence-electron chi connectivity index (χ4n) is 1.49. The van der Waals surface area contributed by atoms with E-state index in [0.29, 0.717) is 12.4 Å². The zero-order chi connectivity index (χ0) is 12.5. The van der Waals surface area contributed by atoms with E-state index >= 15 is 0 Å². The molecule has 0 aliphatic heterocycles. The second-order valence-corrected chi connectivity index (χ2v) is 4.60. The number of rotatable bonds is 7. The van der Waals surface area contributed by atoms with Crippen molar-refractivity contribution in [3.05, 3.63) is 35.9 Å². The lowest BCUT2D eigenvalue weighted by molar-refractivity contribution is -0.139. The zero-order valence-corrected chi connectivity index (χ0v) is 11.1. The highest BCUT2D eigenvalue weighted by molar-refractivity contribution is 7.99. The molecule has 1 atom stereocenters. The van der Waals surface area contributed by atoms with Crippen molar-refractivity contribution in [2.75, 3.05) is 25.2 Å². The van der Waals surface area contributed by atoms with E-state index in [0.717, 1.165) is 5.75 Å². The molecule has 1 unspecified atom stereocenters. The summed E-state index contributed by atoms with van der Waals surface area (Å²) in [7, 11) is 1.93. The first kappa shape index (κ1) is 14.1. The fourth-order valence-corrected chi connectivity index (χ4v) is 2.46. The number of carbonyl (C=O) groups excluding carboxylic acids is 1. The molecule has 0 saturated heterocycles. The van der Waals surface area contributed by atoms with Gasteiger partial charge in [-0.2, -0.15) is 0 Å². The van der Waals surface area contributed by atoms with Gasteiger partial charge in [-0.3, -0.25) is 4.79 Å². The third-order valence-electron chi connectivity index (χ3n) is 2.36. The molecule has 0 aliphatic rings. The quantitative estimate of drug-likeness (QED) is 0.756. The highest BCUT2D eigenvalue weighted by Crippen LogP contribution is 2.17. The van der Waals surface area contributed by atoms with Gasteiger partial charge < -0.3 is 10.1 Å². The maximum absolute atomic E-state index is 11.2. The molecule has 0 radical (unpaired) electrons. The minimum atomic E-state index is -0.139. The van der Waals surface area contributed by atoms with E-state index in [1.807, 2.05) is 32.2 Å². The molecule has 0 amide bonds. The molecular weight excluding hydrogens is 234 g/mol. The molecule has 0 aliphatic carbocycles. The molecule has 1 aromatic rings. The Morgan fingerprint density at radius 2 is 2.12 bits per heavy atom. The van der Waals surface area contributed by atoms with Crippen molar-refractivity contribution in [2.45, 2.75) is 13.0 Å². The van der Waals surface area contributed by atoms with Crippen LogP contribution in [-0.4, -0.2) is 31.1 Å². The molecule has 17 heavy (non-hydrogen) atoms. The number of hydrogen-bond acceptors (Lipinski definition) is 4. The SMILES string of the molecule is CCOC(=O)CSCC(NC)c1ccccc1. The van der Waals surface area contributed by atoms with Gasteiger partial charge in [0.1, 0.15) is 0 Å². The van der Waals surface area contributed by atoms with E-state index in [2.05, 4.69) is 17.4 Å². The number of thioether (sulfide) groups is 1. The Balaban J connectivity index is 2.36. The number of benzene rings is 1. The first-order valence-electron chi connectivity index (χ1n) is 5.73. The van der Waals surface area contributed by atoms with Crippen molar-refractivity contribution >= 4 is 17.7 Å². The van der Waals surface area contributed by atoms with Crippen LogP contribution >= 0.6 is 11.8 Å². The topological polar surface area (TPSA) is 38.3 Å². The predicted molar refractivity (Wildman–Crippen MR) is 72.2 cm³/mol. The summed E-state index contributed by atoms with van der Waals surface area (Å²) in [5.41, 5.74) is 1.24. The van der Waals surface area contributed by atoms with Crippen molar-refractivity contribution in [1.29, 1.82) is 0 Å². The first-order chi connectivity index (χ1) is 8.27. The largest absolute Gasteiger partial charge is 0.465 e. The van der Waals surface area contributed by atoms with Crippen molar-refractivity contribution in [3.8, 4) is 0 Å². The highest BCUT2D eigenvalue weighted by atomic mass is 32.2. The first-order valence-corrected chi connectivity index (χ1v) is 6.89. The van der Waals surface area contributed by atoms with Crippen LogP contribution in [0, 0.1) is 0 Å². The van der Waals surface area contributed by atoms with Gasteiger partial charge in [-0.15, -0.1) is 11.8 Å². The van der Waals surface area contributed by atoms with Gasteiger partial charge >= 0.3 is 5.97 Å². The maximum atomic E-state index is 11.2. The predicted octanol–water partition coefficient (Wildman–Crippen LogP) is 2.24. The van der Waals surface area contributed by atoms with Crippen LogP contribution in [0.25, 0.3) is 0 Å². The van der Waals surface area contributed by atoms with Crippen molar-refractivity contribution < 1.29 is 9.53 Å². The van der Waals surface area contributed by atoms with Crippen LogP contribution in [0.2, 0.25) is 0 Å². The summed E-state index contributed by atoms with van der Waals surface area (Å²) >= 11 is 1.59. The lowest BCUT2D eigenvalue weighted by Gasteiger charge is -2.15. The molecular formula is C13H19NO2S. The van der Waals surface area contributed by atoms with Gasteiger partial charge in [0.25, 0.3) is 0 Å². The third-order valence-corrected chi connectivity index (χ3v) is 3.37. The molecule has 3 nitrogen and oxygen atoms in total. The Kier molecular flexibility index (Phi) is 6.74. The van der Waals surface area contributed by atoms with E-state index in [9.17, 15) is 4.79 Å². The maximum Gasteiger partial charge on any atom is 0.315 e. The van der Waals surface area contributed by atoms with Crippen molar-refractivity contribution in [3.63, 3.8) is 0 Å². The molecule has 1 N–H and O–H groups in total. The van der Waals surface area contributed by atoms with E-state index < -0.39 is 0 Å². The van der Waals surface area contributed by atoms with E-state index in [-0.39, 0.29) is 12.0 Å². The monoisotopic (exact) mass is 253 g/mol. The van der Waals surface area contributed by atoms with Crippen LogP contribution < -0.4 is 5.32 Å². The Labute approximate surface area is 107 Å². The van der Waals surface area contributed by atoms with Crippen molar-refractivity contribution in [1.82, 2.24) is 5.32 Å². The van der Waals surface area contributed by atoms with Gasteiger partial charge in [0.2, 0.25) is 0 Å². The molecule has 0 aromatic heterocycles. The van der Waals surface area contributed by atoms with Crippen LogP contribution in [0.5, 0.6) is 0 Å². The second kappa shape index (κ2) is 8.14. The van der Waals surface area contributed by atoms with Gasteiger partial charge in [-0.1, -0.05) is 30.3 Å². The Bertz CT molecular complexity index is 329. The summed E-state index contributed by atoms with van der Waals surface area (Å²) in [5.74, 6) is 1.14.